The van der Waals surface area contributed by atoms with Gasteiger partial charge in [-0.3, -0.25) is 4.99 Å². The number of nitrogens with one attached hydrogen (secondary N) is 1. The Kier molecular flexibility index (Phi) is 10.3. The quantitative estimate of drug-likeness (QED) is 0.313. The topological polar surface area (TPSA) is 87.4 Å². The Morgan fingerprint density at radius 1 is 1.34 bits per heavy atom. The van der Waals surface area contributed by atoms with Gasteiger partial charge in [0.2, 0.25) is 10.0 Å². The van der Waals surface area contributed by atoms with Crippen LogP contribution in [-0.2, 0) is 21.2 Å². The van der Waals surface area contributed by atoms with Crippen molar-refractivity contribution >= 4 is 27.7 Å². The third-order valence-electron chi connectivity index (χ3n) is 4.52. The standard InChI is InChI=1S/C19H34N4O4S2/c1-17(2)26-14-16-29(24,25)23-11-9-22(10-12-23)19(21-8-15-28-3)20-7-6-18-5-4-13-27-18/h4-5,13,17H,6-12,14-16H2,1-3H3,(H,20,21). The van der Waals surface area contributed by atoms with Crippen LogP contribution in [0.4, 0.5) is 0 Å². The maximum atomic E-state index is 12.5. The molecule has 0 aromatic carbocycles. The summed E-state index contributed by atoms with van der Waals surface area (Å²) in [5, 5.41) is 3.41. The predicted octanol–water partition coefficient (Wildman–Crippen LogP) is 1.50. The number of nitrogens with zero attached hydrogens (tertiary/aromatic N) is 3. The Labute approximate surface area is 179 Å². The molecule has 1 aliphatic rings. The summed E-state index contributed by atoms with van der Waals surface area (Å²) < 4.78 is 37.4. The highest BCUT2D eigenvalue weighted by Crippen LogP contribution is 2.09. The first-order valence-electron chi connectivity index (χ1n) is 10.1. The highest BCUT2D eigenvalue weighted by atomic mass is 32.2. The molecule has 0 bridgehead atoms. The van der Waals surface area contributed by atoms with Crippen LogP contribution >= 0.6 is 11.8 Å². The molecule has 1 fully saturated rings. The molecule has 0 unspecified atom stereocenters. The van der Waals surface area contributed by atoms with Crippen molar-refractivity contribution < 1.29 is 17.6 Å². The molecule has 0 aliphatic carbocycles. The van der Waals surface area contributed by atoms with Crippen molar-refractivity contribution in [2.24, 2.45) is 4.99 Å². The summed E-state index contributed by atoms with van der Waals surface area (Å²) in [6, 6.07) is 3.84. The molecule has 2 heterocycles. The van der Waals surface area contributed by atoms with E-state index in [1.165, 1.54) is 0 Å². The summed E-state index contributed by atoms with van der Waals surface area (Å²) >= 11 is 1.76. The van der Waals surface area contributed by atoms with E-state index in [4.69, 9.17) is 14.1 Å². The second kappa shape index (κ2) is 12.5. The van der Waals surface area contributed by atoms with E-state index in [-0.39, 0.29) is 18.5 Å². The third-order valence-corrected chi connectivity index (χ3v) is 6.94. The van der Waals surface area contributed by atoms with Gasteiger partial charge < -0.3 is 19.4 Å². The second-order valence-electron chi connectivity index (χ2n) is 7.08. The zero-order chi connectivity index (χ0) is 21.1. The second-order valence-corrected chi connectivity index (χ2v) is 10.1. The normalized spacial score (nSPS) is 16.6. The minimum Gasteiger partial charge on any atom is -0.469 e. The minimum absolute atomic E-state index is 0.0290. The van der Waals surface area contributed by atoms with Gasteiger partial charge in [0.15, 0.2) is 5.96 Å². The average molecular weight is 447 g/mol. The fourth-order valence-corrected chi connectivity index (χ4v) is 4.52. The number of furan rings is 1. The van der Waals surface area contributed by atoms with E-state index < -0.39 is 10.0 Å². The van der Waals surface area contributed by atoms with Crippen molar-refractivity contribution in [1.29, 1.82) is 0 Å². The SMILES string of the molecule is CSCCN=C(NCCc1ccco1)N1CCN(S(=O)(=O)CCOC(C)C)CC1. The number of guanidine groups is 1. The number of thioether (sulfide) groups is 1. The molecule has 2 rings (SSSR count). The van der Waals surface area contributed by atoms with Crippen LogP contribution in [0.25, 0.3) is 0 Å². The lowest BCUT2D eigenvalue weighted by Crippen LogP contribution is -2.54. The van der Waals surface area contributed by atoms with Crippen LogP contribution in [0.3, 0.4) is 0 Å². The summed E-state index contributed by atoms with van der Waals surface area (Å²) in [6.45, 7) is 7.66. The zero-order valence-electron chi connectivity index (χ0n) is 17.7. The summed E-state index contributed by atoms with van der Waals surface area (Å²) in [6.07, 6.45) is 4.55. The fourth-order valence-electron chi connectivity index (χ4n) is 2.96. The molecule has 1 saturated heterocycles. The van der Waals surface area contributed by atoms with Crippen LogP contribution in [0.5, 0.6) is 0 Å². The van der Waals surface area contributed by atoms with Crippen molar-refractivity contribution in [2.45, 2.75) is 26.4 Å². The molecule has 0 spiro atoms. The molecule has 10 heteroatoms. The summed E-state index contributed by atoms with van der Waals surface area (Å²) in [4.78, 5) is 6.84. The molecular weight excluding hydrogens is 412 g/mol. The van der Waals surface area contributed by atoms with Gasteiger partial charge in [0.1, 0.15) is 5.76 Å². The molecule has 1 N–H and O–H groups in total. The number of aliphatic imine (C=N–C) groups is 1. The predicted molar refractivity (Wildman–Crippen MR) is 119 cm³/mol. The Bertz CT molecular complexity index is 700. The monoisotopic (exact) mass is 446 g/mol. The van der Waals surface area contributed by atoms with Gasteiger partial charge in [-0.25, -0.2) is 8.42 Å². The van der Waals surface area contributed by atoms with Crippen molar-refractivity contribution in [3.8, 4) is 0 Å². The Morgan fingerprint density at radius 3 is 2.72 bits per heavy atom. The van der Waals surface area contributed by atoms with E-state index in [1.807, 2.05) is 26.0 Å². The summed E-state index contributed by atoms with van der Waals surface area (Å²) in [5.41, 5.74) is 0. The van der Waals surface area contributed by atoms with Gasteiger partial charge >= 0.3 is 0 Å². The van der Waals surface area contributed by atoms with Gasteiger partial charge in [-0.15, -0.1) is 0 Å². The Morgan fingerprint density at radius 2 is 2.10 bits per heavy atom. The van der Waals surface area contributed by atoms with Crippen LogP contribution < -0.4 is 5.32 Å². The smallest absolute Gasteiger partial charge is 0.216 e. The number of piperazine rings is 1. The van der Waals surface area contributed by atoms with Crippen LogP contribution in [0.2, 0.25) is 0 Å². The van der Waals surface area contributed by atoms with Gasteiger partial charge in [-0.1, -0.05) is 0 Å². The molecule has 1 aromatic rings. The largest absolute Gasteiger partial charge is 0.469 e. The first kappa shape index (κ1) is 24.0. The zero-order valence-corrected chi connectivity index (χ0v) is 19.3. The molecule has 8 nitrogen and oxygen atoms in total. The lowest BCUT2D eigenvalue weighted by molar-refractivity contribution is 0.0904. The van der Waals surface area contributed by atoms with E-state index in [1.54, 1.807) is 22.3 Å². The Hall–Kier alpha value is -1.23. The molecule has 1 aromatic heterocycles. The highest BCUT2D eigenvalue weighted by Gasteiger charge is 2.28. The number of rotatable bonds is 11. The van der Waals surface area contributed by atoms with Crippen LogP contribution in [0.1, 0.15) is 19.6 Å². The van der Waals surface area contributed by atoms with Gasteiger partial charge in [0.25, 0.3) is 0 Å². The van der Waals surface area contributed by atoms with Crippen molar-refractivity contribution in [3.63, 3.8) is 0 Å². The highest BCUT2D eigenvalue weighted by molar-refractivity contribution is 7.98. The number of hydrogen-bond acceptors (Lipinski definition) is 6. The average Bonchev–Trinajstić information content (AvgIpc) is 3.20. The molecule has 1 aliphatic heterocycles. The van der Waals surface area contributed by atoms with Gasteiger partial charge in [0.05, 0.1) is 31.3 Å². The van der Waals surface area contributed by atoms with Gasteiger partial charge in [-0.05, 0) is 32.2 Å². The molecule has 0 saturated carbocycles. The van der Waals surface area contributed by atoms with Crippen LogP contribution in [-0.4, -0.2) is 93.3 Å². The summed E-state index contributed by atoms with van der Waals surface area (Å²) in [5.74, 6) is 2.75. The number of sulfonamides is 1. The summed E-state index contributed by atoms with van der Waals surface area (Å²) in [7, 11) is -3.29. The van der Waals surface area contributed by atoms with E-state index in [9.17, 15) is 8.42 Å². The maximum absolute atomic E-state index is 12.5. The molecule has 166 valence electrons. The first-order valence-corrected chi connectivity index (χ1v) is 13.1. The lowest BCUT2D eigenvalue weighted by Gasteiger charge is -2.36. The van der Waals surface area contributed by atoms with E-state index in [0.717, 1.165) is 37.0 Å². The lowest BCUT2D eigenvalue weighted by atomic mass is 10.3. The van der Waals surface area contributed by atoms with E-state index in [2.05, 4.69) is 16.5 Å². The van der Waals surface area contributed by atoms with Crippen LogP contribution in [0.15, 0.2) is 27.8 Å². The van der Waals surface area contributed by atoms with E-state index in [0.29, 0.717) is 26.2 Å². The maximum Gasteiger partial charge on any atom is 0.216 e. The van der Waals surface area contributed by atoms with Crippen LogP contribution in [0, 0.1) is 0 Å². The molecule has 0 amide bonds. The third kappa shape index (κ3) is 8.57. The minimum atomic E-state index is -3.29. The fraction of sp³-hybridized carbons (Fsp3) is 0.737. The molecular formula is C19H34N4O4S2. The van der Waals surface area contributed by atoms with Crippen molar-refractivity contribution in [1.82, 2.24) is 14.5 Å². The first-order chi connectivity index (χ1) is 13.9. The van der Waals surface area contributed by atoms with Crippen molar-refractivity contribution in [3.05, 3.63) is 24.2 Å². The van der Waals surface area contributed by atoms with Crippen molar-refractivity contribution in [2.75, 3.05) is 63.6 Å². The Balaban J connectivity index is 1.86. The molecule has 0 atom stereocenters. The van der Waals surface area contributed by atoms with Gasteiger partial charge in [0, 0.05) is 44.9 Å². The molecule has 29 heavy (non-hydrogen) atoms. The number of hydrogen-bond donors (Lipinski definition) is 1. The number of ether oxygens (including phenoxy) is 1. The molecule has 0 radical (unpaired) electrons. The van der Waals surface area contributed by atoms with Gasteiger partial charge in [-0.2, -0.15) is 16.1 Å². The van der Waals surface area contributed by atoms with E-state index >= 15 is 0 Å².